The van der Waals surface area contributed by atoms with E-state index in [1.807, 2.05) is 25.1 Å². The molecule has 0 spiro atoms. The lowest BCUT2D eigenvalue weighted by molar-refractivity contribution is -0.119. The second-order valence-electron chi connectivity index (χ2n) is 10.3. The highest BCUT2D eigenvalue weighted by atomic mass is 35.5. The van der Waals surface area contributed by atoms with Crippen LogP contribution in [-0.4, -0.2) is 47.3 Å². The van der Waals surface area contributed by atoms with Gasteiger partial charge in [-0.3, -0.25) is 9.79 Å². The molecule has 1 saturated heterocycles. The van der Waals surface area contributed by atoms with E-state index >= 15 is 4.39 Å². The molecule has 3 N–H and O–H groups in total. The zero-order chi connectivity index (χ0) is 31.2. The maximum Gasteiger partial charge on any atom is 0.220 e. The van der Waals surface area contributed by atoms with Crippen LogP contribution < -0.4 is 20.7 Å². The molecule has 4 aromatic rings. The Labute approximate surface area is 260 Å². The molecule has 11 heteroatoms. The molecule has 1 fully saturated rings. The molecular weight excluding hydrogens is 581 g/mol. The molecule has 0 bridgehead atoms. The molecule has 44 heavy (non-hydrogen) atoms. The lowest BCUT2D eigenvalue weighted by Crippen LogP contribution is -2.35. The van der Waals surface area contributed by atoms with Crippen molar-refractivity contribution in [3.8, 4) is 28.3 Å². The Bertz CT molecular complexity index is 1740. The Morgan fingerprint density at radius 3 is 2.64 bits per heavy atom. The number of nitrogens with one attached hydrogen (secondary N) is 3. The fourth-order valence-electron chi connectivity index (χ4n) is 5.15. The van der Waals surface area contributed by atoms with Crippen molar-refractivity contribution in [2.45, 2.75) is 39.3 Å². The number of aryl methyl sites for hydroxylation is 1. The van der Waals surface area contributed by atoms with Crippen molar-refractivity contribution in [3.05, 3.63) is 82.5 Å². The van der Waals surface area contributed by atoms with Crippen molar-refractivity contribution in [3.63, 3.8) is 0 Å². The summed E-state index contributed by atoms with van der Waals surface area (Å²) in [6.07, 6.45) is 5.04. The van der Waals surface area contributed by atoms with E-state index in [4.69, 9.17) is 16.3 Å². The minimum absolute atomic E-state index is 0.0764. The maximum absolute atomic E-state index is 16.2. The molecule has 5 rings (SSSR count). The van der Waals surface area contributed by atoms with E-state index in [1.165, 1.54) is 7.11 Å². The van der Waals surface area contributed by atoms with Gasteiger partial charge in [0.1, 0.15) is 17.3 Å². The number of hydrogen-bond acceptors (Lipinski definition) is 8. The fourth-order valence-corrected chi connectivity index (χ4v) is 5.42. The summed E-state index contributed by atoms with van der Waals surface area (Å²) in [5, 5.41) is 9.83. The van der Waals surface area contributed by atoms with E-state index in [-0.39, 0.29) is 11.9 Å². The van der Waals surface area contributed by atoms with Crippen LogP contribution in [0.1, 0.15) is 36.8 Å². The first-order valence-corrected chi connectivity index (χ1v) is 14.6. The summed E-state index contributed by atoms with van der Waals surface area (Å²) in [6.45, 7) is 8.48. The number of methoxy groups -OCH3 is 1. The van der Waals surface area contributed by atoms with E-state index in [1.54, 1.807) is 49.4 Å². The summed E-state index contributed by atoms with van der Waals surface area (Å²) < 4.78 is 21.7. The van der Waals surface area contributed by atoms with Crippen molar-refractivity contribution in [2.24, 2.45) is 4.99 Å². The first-order chi connectivity index (χ1) is 21.3. The first kappa shape index (κ1) is 30.8. The van der Waals surface area contributed by atoms with Gasteiger partial charge in [-0.1, -0.05) is 48.0 Å². The zero-order valence-corrected chi connectivity index (χ0v) is 25.5. The van der Waals surface area contributed by atoms with Crippen LogP contribution >= 0.6 is 11.6 Å². The van der Waals surface area contributed by atoms with Gasteiger partial charge in [0.25, 0.3) is 0 Å². The highest BCUT2D eigenvalue weighted by Crippen LogP contribution is 2.40. The molecule has 0 aliphatic carbocycles. The lowest BCUT2D eigenvalue weighted by atomic mass is 9.99. The number of ether oxygens (including phenoxy) is 1. The minimum Gasteiger partial charge on any atom is -0.481 e. The second kappa shape index (κ2) is 13.7. The van der Waals surface area contributed by atoms with Crippen LogP contribution in [0.15, 0.2) is 59.6 Å². The van der Waals surface area contributed by atoms with Crippen LogP contribution in [-0.2, 0) is 11.3 Å². The average molecular weight is 614 g/mol. The summed E-state index contributed by atoms with van der Waals surface area (Å²) in [5.41, 5.74) is 3.99. The normalized spacial score (nSPS) is 14.6. The largest absolute Gasteiger partial charge is 0.481 e. The predicted octanol–water partition coefficient (Wildman–Crippen LogP) is 6.79. The Balaban J connectivity index is 1.42. The number of amides is 1. The topological polar surface area (TPSA) is 113 Å². The van der Waals surface area contributed by atoms with Gasteiger partial charge in [-0.2, -0.15) is 0 Å². The van der Waals surface area contributed by atoms with Crippen molar-refractivity contribution in [2.75, 3.05) is 19.0 Å². The number of rotatable bonds is 11. The Kier molecular flexibility index (Phi) is 9.62. The lowest BCUT2D eigenvalue weighted by Gasteiger charge is -2.16. The van der Waals surface area contributed by atoms with Crippen molar-refractivity contribution in [1.82, 2.24) is 25.6 Å². The summed E-state index contributed by atoms with van der Waals surface area (Å²) in [5.74, 6) is 0.987. The van der Waals surface area contributed by atoms with Gasteiger partial charge in [-0.05, 0) is 51.3 Å². The van der Waals surface area contributed by atoms with Gasteiger partial charge in [0, 0.05) is 47.8 Å². The number of aliphatic imine (C=N–C) groups is 1. The van der Waals surface area contributed by atoms with Crippen LogP contribution in [0.5, 0.6) is 5.88 Å². The number of nitrogens with zero attached hydrogens (tertiary/aromatic N) is 4. The third kappa shape index (κ3) is 6.61. The molecule has 1 amide bonds. The number of pyridine rings is 1. The van der Waals surface area contributed by atoms with Gasteiger partial charge in [-0.25, -0.2) is 19.3 Å². The van der Waals surface area contributed by atoms with Crippen molar-refractivity contribution < 1.29 is 13.9 Å². The highest BCUT2D eigenvalue weighted by molar-refractivity contribution is 6.36. The number of allylic oxidation sites excluding steroid dienone is 1. The molecular formula is C33H33ClFN7O2. The quantitative estimate of drug-likeness (QED) is 0.160. The average Bonchev–Trinajstić information content (AvgIpc) is 3.43. The maximum atomic E-state index is 16.2. The molecule has 226 valence electrons. The number of hydrogen-bond donors (Lipinski definition) is 3. The highest BCUT2D eigenvalue weighted by Gasteiger charge is 2.21. The molecule has 0 unspecified atom stereocenters. The number of benzene rings is 2. The molecule has 9 nitrogen and oxygen atoms in total. The van der Waals surface area contributed by atoms with Gasteiger partial charge >= 0.3 is 0 Å². The monoisotopic (exact) mass is 613 g/mol. The Morgan fingerprint density at radius 2 is 1.91 bits per heavy atom. The smallest absolute Gasteiger partial charge is 0.220 e. The summed E-state index contributed by atoms with van der Waals surface area (Å²) in [6, 6.07) is 14.2. The third-order valence-corrected chi connectivity index (χ3v) is 7.65. The predicted molar refractivity (Wildman–Crippen MR) is 173 cm³/mol. The first-order valence-electron chi connectivity index (χ1n) is 14.2. The van der Waals surface area contributed by atoms with Gasteiger partial charge in [0.05, 0.1) is 29.2 Å². The SMILES string of the molecule is C=Nc1c(/C=C\C)nc(C)nc1Nc1cccc(-c2cccc(-c3ccc(CNC[C@@H]4CCC(=O)N4)c(OC)n3)c2F)c1Cl. The van der Waals surface area contributed by atoms with Crippen LogP contribution in [0, 0.1) is 12.7 Å². The fraction of sp³-hybridized carbons (Fsp3) is 0.242. The Morgan fingerprint density at radius 1 is 1.14 bits per heavy atom. The van der Waals surface area contributed by atoms with E-state index in [0.717, 1.165) is 12.0 Å². The van der Waals surface area contributed by atoms with Gasteiger partial charge in [0.2, 0.25) is 11.8 Å². The zero-order valence-electron chi connectivity index (χ0n) is 24.7. The molecule has 0 saturated carbocycles. The van der Waals surface area contributed by atoms with Gasteiger partial charge in [-0.15, -0.1) is 0 Å². The number of aromatic nitrogens is 3. The van der Waals surface area contributed by atoms with Crippen LogP contribution in [0.25, 0.3) is 28.5 Å². The number of carbonyl (C=O) groups excluding carboxylic acids is 1. The number of anilines is 2. The molecule has 1 aliphatic heterocycles. The van der Waals surface area contributed by atoms with Crippen molar-refractivity contribution >= 4 is 47.5 Å². The number of halogens is 2. The second-order valence-corrected chi connectivity index (χ2v) is 10.6. The molecule has 3 heterocycles. The minimum atomic E-state index is -0.467. The molecule has 0 radical (unpaired) electrons. The third-order valence-electron chi connectivity index (χ3n) is 7.25. The molecule has 1 aliphatic rings. The summed E-state index contributed by atoms with van der Waals surface area (Å²) in [4.78, 5) is 29.1. The van der Waals surface area contributed by atoms with Crippen LogP contribution in [0.2, 0.25) is 5.02 Å². The molecule has 2 aromatic heterocycles. The number of carbonyl (C=O) groups is 1. The Hall–Kier alpha value is -4.67. The standard InChI is InChI=1S/C33H33ClFN7O2/c1-5-8-27-31(36-3)32(39-19(2)38-27)41-26-12-7-9-22(29(26)34)23-10-6-11-24(30(23)35)25-15-13-20(33(42-25)44-4)17-37-18-21-14-16-28(43)40-21/h5-13,15,21,37H,3,14,16-18H2,1-2,4H3,(H,40,43)(H,38,39,41)/b8-5-/t21-/m0/s1. The van der Waals surface area contributed by atoms with Gasteiger partial charge in [0.15, 0.2) is 5.82 Å². The van der Waals surface area contributed by atoms with Crippen LogP contribution in [0.3, 0.4) is 0 Å². The summed E-state index contributed by atoms with van der Waals surface area (Å²) in [7, 11) is 1.53. The van der Waals surface area contributed by atoms with E-state index < -0.39 is 5.82 Å². The van der Waals surface area contributed by atoms with Crippen LogP contribution in [0.4, 0.5) is 21.6 Å². The summed E-state index contributed by atoms with van der Waals surface area (Å²) >= 11 is 6.87. The molecule has 2 aromatic carbocycles. The van der Waals surface area contributed by atoms with Gasteiger partial charge < -0.3 is 20.7 Å². The molecule has 1 atom stereocenters. The van der Waals surface area contributed by atoms with E-state index in [0.29, 0.717) is 81.5 Å². The van der Waals surface area contributed by atoms with E-state index in [2.05, 4.69) is 42.6 Å². The van der Waals surface area contributed by atoms with Crippen molar-refractivity contribution in [1.29, 1.82) is 0 Å². The van der Waals surface area contributed by atoms with E-state index in [9.17, 15) is 4.79 Å².